The first-order chi connectivity index (χ1) is 12.1. The summed E-state index contributed by atoms with van der Waals surface area (Å²) in [6.45, 7) is 4.02. The molecule has 1 N–H and O–H groups in total. The quantitative estimate of drug-likeness (QED) is 0.616. The SMILES string of the molecule is CCCc1ccc(C(C)=NNC(=O)c2ccc(OC)c(OC)c2)cc1. The molecule has 0 aromatic heterocycles. The number of carbonyl (C=O) groups is 1. The van der Waals surface area contributed by atoms with E-state index in [1.807, 2.05) is 19.1 Å². The first-order valence-electron chi connectivity index (χ1n) is 8.25. The first-order valence-corrected chi connectivity index (χ1v) is 8.25. The topological polar surface area (TPSA) is 59.9 Å². The van der Waals surface area contributed by atoms with Gasteiger partial charge in [-0.2, -0.15) is 5.10 Å². The van der Waals surface area contributed by atoms with Crippen LogP contribution in [0.15, 0.2) is 47.6 Å². The molecule has 0 saturated carbocycles. The van der Waals surface area contributed by atoms with Gasteiger partial charge < -0.3 is 9.47 Å². The number of ether oxygens (including phenoxy) is 2. The van der Waals surface area contributed by atoms with Crippen molar-refractivity contribution in [2.45, 2.75) is 26.7 Å². The van der Waals surface area contributed by atoms with E-state index in [4.69, 9.17) is 9.47 Å². The van der Waals surface area contributed by atoms with Gasteiger partial charge in [0.1, 0.15) is 0 Å². The smallest absolute Gasteiger partial charge is 0.271 e. The Balaban J connectivity index is 2.08. The Morgan fingerprint density at radius 1 is 1.00 bits per heavy atom. The molecule has 0 spiro atoms. The van der Waals surface area contributed by atoms with Gasteiger partial charge in [0.05, 0.1) is 19.9 Å². The summed E-state index contributed by atoms with van der Waals surface area (Å²) in [5.41, 5.74) is 6.06. The van der Waals surface area contributed by atoms with Gasteiger partial charge in [0.25, 0.3) is 5.91 Å². The molecule has 0 saturated heterocycles. The summed E-state index contributed by atoms with van der Waals surface area (Å²) >= 11 is 0. The highest BCUT2D eigenvalue weighted by atomic mass is 16.5. The van der Waals surface area contributed by atoms with E-state index in [-0.39, 0.29) is 5.91 Å². The predicted octanol–water partition coefficient (Wildman–Crippen LogP) is 3.81. The van der Waals surface area contributed by atoms with Gasteiger partial charge in [-0.05, 0) is 42.7 Å². The average Bonchev–Trinajstić information content (AvgIpc) is 2.66. The number of hydrogen-bond acceptors (Lipinski definition) is 4. The highest BCUT2D eigenvalue weighted by molar-refractivity contribution is 6.01. The Morgan fingerprint density at radius 2 is 1.64 bits per heavy atom. The molecule has 0 unspecified atom stereocenters. The van der Waals surface area contributed by atoms with Gasteiger partial charge >= 0.3 is 0 Å². The van der Waals surface area contributed by atoms with Crippen LogP contribution in [0.4, 0.5) is 0 Å². The molecule has 0 aliphatic carbocycles. The lowest BCUT2D eigenvalue weighted by Gasteiger charge is -2.09. The zero-order valence-corrected chi connectivity index (χ0v) is 15.1. The fraction of sp³-hybridized carbons (Fsp3) is 0.300. The monoisotopic (exact) mass is 340 g/mol. The highest BCUT2D eigenvalue weighted by Crippen LogP contribution is 2.27. The summed E-state index contributed by atoms with van der Waals surface area (Å²) in [5, 5.41) is 4.19. The Hall–Kier alpha value is -2.82. The summed E-state index contributed by atoms with van der Waals surface area (Å²) in [6, 6.07) is 13.2. The summed E-state index contributed by atoms with van der Waals surface area (Å²) in [6.07, 6.45) is 2.18. The van der Waals surface area contributed by atoms with Gasteiger partial charge in [0.15, 0.2) is 11.5 Å². The minimum Gasteiger partial charge on any atom is -0.493 e. The minimum atomic E-state index is -0.303. The summed E-state index contributed by atoms with van der Waals surface area (Å²) < 4.78 is 10.4. The van der Waals surface area contributed by atoms with Crippen molar-refractivity contribution in [2.24, 2.45) is 5.10 Å². The Morgan fingerprint density at radius 3 is 2.24 bits per heavy atom. The van der Waals surface area contributed by atoms with Crippen molar-refractivity contribution in [2.75, 3.05) is 14.2 Å². The Kier molecular flexibility index (Phi) is 6.57. The van der Waals surface area contributed by atoms with Crippen molar-refractivity contribution in [3.05, 3.63) is 59.2 Å². The molecule has 2 aromatic rings. The zero-order chi connectivity index (χ0) is 18.2. The van der Waals surface area contributed by atoms with Crippen LogP contribution >= 0.6 is 0 Å². The van der Waals surface area contributed by atoms with E-state index >= 15 is 0 Å². The van der Waals surface area contributed by atoms with Crippen LogP contribution in [-0.2, 0) is 6.42 Å². The van der Waals surface area contributed by atoms with E-state index in [1.165, 1.54) is 12.7 Å². The van der Waals surface area contributed by atoms with Crippen LogP contribution in [-0.4, -0.2) is 25.8 Å². The lowest BCUT2D eigenvalue weighted by molar-refractivity contribution is 0.0954. The molecule has 5 nitrogen and oxygen atoms in total. The molecule has 0 atom stereocenters. The molecule has 2 rings (SSSR count). The number of benzene rings is 2. The third-order valence-corrected chi connectivity index (χ3v) is 3.88. The van der Waals surface area contributed by atoms with Crippen molar-refractivity contribution in [3.8, 4) is 11.5 Å². The minimum absolute atomic E-state index is 0.303. The Labute approximate surface area is 148 Å². The largest absolute Gasteiger partial charge is 0.493 e. The van der Waals surface area contributed by atoms with Crippen molar-refractivity contribution in [1.82, 2.24) is 5.43 Å². The molecule has 0 fully saturated rings. The number of rotatable bonds is 7. The number of nitrogens with one attached hydrogen (secondary N) is 1. The number of amides is 1. The van der Waals surface area contributed by atoms with Crippen LogP contribution in [0.1, 0.15) is 41.8 Å². The maximum atomic E-state index is 12.3. The summed E-state index contributed by atoms with van der Waals surface area (Å²) in [4.78, 5) is 12.3. The highest BCUT2D eigenvalue weighted by Gasteiger charge is 2.10. The molecule has 0 aliphatic heterocycles. The molecule has 2 aromatic carbocycles. The molecule has 0 bridgehead atoms. The number of hydrogen-bond donors (Lipinski definition) is 1. The van der Waals surface area contributed by atoms with Crippen LogP contribution in [0.3, 0.4) is 0 Å². The van der Waals surface area contributed by atoms with Crippen LogP contribution in [0.25, 0.3) is 0 Å². The van der Waals surface area contributed by atoms with Gasteiger partial charge in [-0.15, -0.1) is 0 Å². The van der Waals surface area contributed by atoms with E-state index in [1.54, 1.807) is 25.3 Å². The van der Waals surface area contributed by atoms with Gasteiger partial charge in [-0.1, -0.05) is 37.6 Å². The number of hydrazone groups is 1. The Bertz CT molecular complexity index is 752. The fourth-order valence-electron chi connectivity index (χ4n) is 2.44. The molecule has 1 amide bonds. The van der Waals surface area contributed by atoms with Gasteiger partial charge in [0, 0.05) is 5.56 Å². The zero-order valence-electron chi connectivity index (χ0n) is 15.1. The van der Waals surface area contributed by atoms with E-state index in [2.05, 4.69) is 29.6 Å². The molecular formula is C20H24N2O3. The van der Waals surface area contributed by atoms with Gasteiger partial charge in [-0.3, -0.25) is 4.79 Å². The number of nitrogens with zero attached hydrogens (tertiary/aromatic N) is 1. The first kappa shape index (κ1) is 18.5. The molecule has 0 aliphatic rings. The van der Waals surface area contributed by atoms with Gasteiger partial charge in [-0.25, -0.2) is 5.43 Å². The molecule has 5 heteroatoms. The molecule has 0 radical (unpaired) electrons. The van der Waals surface area contributed by atoms with E-state index < -0.39 is 0 Å². The van der Waals surface area contributed by atoms with Crippen LogP contribution in [0, 0.1) is 0 Å². The van der Waals surface area contributed by atoms with Crippen LogP contribution in [0.5, 0.6) is 11.5 Å². The molecular weight excluding hydrogens is 316 g/mol. The second kappa shape index (κ2) is 8.87. The number of methoxy groups -OCH3 is 2. The van der Waals surface area contributed by atoms with E-state index in [9.17, 15) is 4.79 Å². The van der Waals surface area contributed by atoms with E-state index in [0.29, 0.717) is 17.1 Å². The van der Waals surface area contributed by atoms with E-state index in [0.717, 1.165) is 24.1 Å². The molecule has 132 valence electrons. The maximum absolute atomic E-state index is 12.3. The number of carbonyl (C=O) groups excluding carboxylic acids is 1. The molecule has 25 heavy (non-hydrogen) atoms. The van der Waals surface area contributed by atoms with Gasteiger partial charge in [0.2, 0.25) is 0 Å². The van der Waals surface area contributed by atoms with Crippen molar-refractivity contribution in [1.29, 1.82) is 0 Å². The second-order valence-electron chi connectivity index (χ2n) is 5.65. The standard InChI is InChI=1S/C20H24N2O3/c1-5-6-15-7-9-16(10-8-15)14(2)21-22-20(23)17-11-12-18(24-3)19(13-17)25-4/h7-13H,5-6H2,1-4H3,(H,22,23). The second-order valence-corrected chi connectivity index (χ2v) is 5.65. The van der Waals surface area contributed by atoms with Crippen LogP contribution in [0.2, 0.25) is 0 Å². The van der Waals surface area contributed by atoms with Crippen LogP contribution < -0.4 is 14.9 Å². The predicted molar refractivity (Wildman–Crippen MR) is 99.7 cm³/mol. The van der Waals surface area contributed by atoms with Crippen molar-refractivity contribution >= 4 is 11.6 Å². The lowest BCUT2D eigenvalue weighted by Crippen LogP contribution is -2.19. The fourth-order valence-corrected chi connectivity index (χ4v) is 2.44. The van der Waals surface area contributed by atoms with Crippen molar-refractivity contribution in [3.63, 3.8) is 0 Å². The normalized spacial score (nSPS) is 11.1. The summed E-state index contributed by atoms with van der Waals surface area (Å²) in [7, 11) is 3.08. The average molecular weight is 340 g/mol. The lowest BCUT2D eigenvalue weighted by atomic mass is 10.1. The maximum Gasteiger partial charge on any atom is 0.271 e. The number of aryl methyl sites for hydroxylation is 1. The van der Waals surface area contributed by atoms with Crippen molar-refractivity contribution < 1.29 is 14.3 Å². The third-order valence-electron chi connectivity index (χ3n) is 3.88. The summed E-state index contributed by atoms with van der Waals surface area (Å²) in [5.74, 6) is 0.774. The third kappa shape index (κ3) is 4.83. The molecule has 0 heterocycles.